The highest BCUT2D eigenvalue weighted by Crippen LogP contribution is 1.92. The van der Waals surface area contributed by atoms with Gasteiger partial charge < -0.3 is 10.6 Å². The number of ketones is 1. The van der Waals surface area contributed by atoms with Gasteiger partial charge in [0.25, 0.3) is 0 Å². The van der Waals surface area contributed by atoms with Crippen molar-refractivity contribution in [2.24, 2.45) is 10.9 Å². The van der Waals surface area contributed by atoms with Crippen molar-refractivity contribution in [3.63, 3.8) is 0 Å². The molecule has 0 saturated carbocycles. The maximum Gasteiger partial charge on any atom is 0.196 e. The maximum atomic E-state index is 10.9. The summed E-state index contributed by atoms with van der Waals surface area (Å²) in [6.45, 7) is 4.17. The van der Waals surface area contributed by atoms with Gasteiger partial charge in [0.05, 0.1) is 13.2 Å². The number of rotatable bonds is 6. The lowest BCUT2D eigenvalue weighted by Crippen LogP contribution is -2.12. The van der Waals surface area contributed by atoms with E-state index >= 15 is 0 Å². The number of carbonyl (C=O) groups excluding carboxylic acids is 1. The molecule has 0 radical (unpaired) electrons. The predicted octanol–water partition coefficient (Wildman–Crippen LogP) is 0.659. The molecule has 4 nitrogen and oxygen atoms in total. The number of hydrogen-bond donors (Lipinski definition) is 1. The Morgan fingerprint density at radius 3 is 2.92 bits per heavy atom. The first-order chi connectivity index (χ1) is 5.72. The molecule has 0 bridgehead atoms. The number of Topliss-reactive ketones (excluding diaryl/α,β-unsaturated/α-hetero) is 1. The van der Waals surface area contributed by atoms with E-state index in [2.05, 4.69) is 11.7 Å². The fourth-order valence-corrected chi connectivity index (χ4v) is 0.601. The number of halogens is 1. The van der Waals surface area contributed by atoms with Crippen molar-refractivity contribution in [2.45, 2.75) is 6.42 Å². The molecule has 0 saturated heterocycles. The lowest BCUT2D eigenvalue weighted by molar-refractivity contribution is -0.113. The van der Waals surface area contributed by atoms with Crippen LogP contribution in [-0.4, -0.2) is 24.2 Å². The number of nitrogens with two attached hydrogens (primary N) is 1. The highest BCUT2D eigenvalue weighted by Gasteiger charge is 2.06. The zero-order valence-corrected chi connectivity index (χ0v) is 7.38. The van der Waals surface area contributed by atoms with Gasteiger partial charge in [0.15, 0.2) is 11.0 Å². The fourth-order valence-electron chi connectivity index (χ4n) is 0.507. The third kappa shape index (κ3) is 4.87. The van der Waals surface area contributed by atoms with E-state index in [0.717, 1.165) is 0 Å². The molecule has 0 rings (SSSR count). The normalized spacial score (nSPS) is 11.2. The first-order valence-corrected chi connectivity index (χ1v) is 3.75. The Kier molecular flexibility index (Phi) is 6.32. The molecule has 0 aliphatic heterocycles. The Morgan fingerprint density at radius 2 is 2.42 bits per heavy atom. The molecule has 0 aliphatic rings. The zero-order chi connectivity index (χ0) is 9.40. The van der Waals surface area contributed by atoms with Crippen LogP contribution in [0.4, 0.5) is 0 Å². The molecule has 0 aromatic carbocycles. The van der Waals surface area contributed by atoms with Crippen molar-refractivity contribution < 1.29 is 9.53 Å². The van der Waals surface area contributed by atoms with Crippen molar-refractivity contribution in [3.8, 4) is 0 Å². The summed E-state index contributed by atoms with van der Waals surface area (Å²) in [6.07, 6.45) is 1.79. The fraction of sp³-hybridized carbons (Fsp3) is 0.429. The van der Waals surface area contributed by atoms with Gasteiger partial charge in [-0.15, -0.1) is 6.58 Å². The van der Waals surface area contributed by atoms with Gasteiger partial charge in [0.2, 0.25) is 0 Å². The summed E-state index contributed by atoms with van der Waals surface area (Å²) in [5, 5.41) is 2.85. The molecular formula is C7H11ClN2O2. The smallest absolute Gasteiger partial charge is 0.196 e. The van der Waals surface area contributed by atoms with Crippen LogP contribution < -0.4 is 5.84 Å². The first-order valence-electron chi connectivity index (χ1n) is 3.37. The van der Waals surface area contributed by atoms with Crippen molar-refractivity contribution in [2.75, 3.05) is 13.2 Å². The Hall–Kier alpha value is -0.870. The van der Waals surface area contributed by atoms with E-state index in [0.29, 0.717) is 13.2 Å². The minimum Gasteiger partial charge on any atom is -0.377 e. The van der Waals surface area contributed by atoms with Gasteiger partial charge in [-0.3, -0.25) is 4.79 Å². The number of hydrazone groups is 1. The van der Waals surface area contributed by atoms with Gasteiger partial charge in [-0.2, -0.15) is 5.10 Å². The van der Waals surface area contributed by atoms with Crippen LogP contribution in [0.2, 0.25) is 0 Å². The number of ether oxygens (including phenoxy) is 1. The van der Waals surface area contributed by atoms with E-state index in [1.165, 1.54) is 0 Å². The summed E-state index contributed by atoms with van der Waals surface area (Å²) < 4.78 is 4.95. The second kappa shape index (κ2) is 6.82. The number of hydrogen-bond acceptors (Lipinski definition) is 4. The average molecular weight is 191 g/mol. The van der Waals surface area contributed by atoms with Gasteiger partial charge in [-0.25, -0.2) is 0 Å². The van der Waals surface area contributed by atoms with E-state index in [1.54, 1.807) is 6.08 Å². The summed E-state index contributed by atoms with van der Waals surface area (Å²) in [7, 11) is 0. The molecule has 0 amide bonds. The molecule has 0 atom stereocenters. The molecule has 0 aromatic rings. The van der Waals surface area contributed by atoms with Crippen molar-refractivity contribution in [1.29, 1.82) is 0 Å². The Balaban J connectivity index is 3.51. The SMILES string of the molecule is C=CCOCCC(=O)/C(Cl)=N/N. The Bertz CT molecular complexity index is 192. The Morgan fingerprint density at radius 1 is 1.75 bits per heavy atom. The lowest BCUT2D eigenvalue weighted by atomic mass is 10.3. The molecule has 68 valence electrons. The van der Waals surface area contributed by atoms with Crippen LogP contribution in [0.15, 0.2) is 17.8 Å². The van der Waals surface area contributed by atoms with Crippen LogP contribution in [-0.2, 0) is 9.53 Å². The topological polar surface area (TPSA) is 64.7 Å². The Labute approximate surface area is 76.0 Å². The van der Waals surface area contributed by atoms with Crippen LogP contribution in [0, 0.1) is 0 Å². The molecule has 2 N–H and O–H groups in total. The molecule has 0 spiro atoms. The number of carbonyl (C=O) groups is 1. The van der Waals surface area contributed by atoms with E-state index in [1.807, 2.05) is 0 Å². The van der Waals surface area contributed by atoms with Crippen LogP contribution in [0.3, 0.4) is 0 Å². The molecule has 5 heteroatoms. The van der Waals surface area contributed by atoms with Crippen molar-refractivity contribution >= 4 is 22.6 Å². The van der Waals surface area contributed by atoms with Gasteiger partial charge >= 0.3 is 0 Å². The quantitative estimate of drug-likeness (QED) is 0.220. The summed E-state index contributed by atoms with van der Waals surface area (Å²) >= 11 is 5.33. The molecule has 0 fully saturated rings. The van der Waals surface area contributed by atoms with Crippen molar-refractivity contribution in [3.05, 3.63) is 12.7 Å². The summed E-state index contributed by atoms with van der Waals surface area (Å²) in [4.78, 5) is 10.9. The maximum absolute atomic E-state index is 10.9. The van der Waals surface area contributed by atoms with Gasteiger partial charge in [-0.1, -0.05) is 17.7 Å². The molecule has 12 heavy (non-hydrogen) atoms. The van der Waals surface area contributed by atoms with E-state index in [4.69, 9.17) is 22.2 Å². The molecule has 0 unspecified atom stereocenters. The standard InChI is InChI=1S/C7H11ClN2O2/c1-2-4-12-5-3-6(11)7(8)10-9/h2H,1,3-5,9H2/b10-7-. The third-order valence-corrected chi connectivity index (χ3v) is 1.36. The summed E-state index contributed by atoms with van der Waals surface area (Å²) in [6, 6.07) is 0. The third-order valence-electron chi connectivity index (χ3n) is 1.05. The zero-order valence-electron chi connectivity index (χ0n) is 6.62. The monoisotopic (exact) mass is 190 g/mol. The van der Waals surface area contributed by atoms with E-state index in [9.17, 15) is 4.79 Å². The van der Waals surface area contributed by atoms with Crippen LogP contribution in [0.5, 0.6) is 0 Å². The highest BCUT2D eigenvalue weighted by molar-refractivity contribution is 6.83. The van der Waals surface area contributed by atoms with Crippen LogP contribution in [0.1, 0.15) is 6.42 Å². The highest BCUT2D eigenvalue weighted by atomic mass is 35.5. The molecule has 0 aliphatic carbocycles. The predicted molar refractivity (Wildman–Crippen MR) is 48.1 cm³/mol. The summed E-state index contributed by atoms with van der Waals surface area (Å²) in [5.41, 5.74) is 0. The second-order valence-corrected chi connectivity index (χ2v) is 2.31. The molecular weight excluding hydrogens is 180 g/mol. The molecule has 0 aromatic heterocycles. The average Bonchev–Trinajstić information content (AvgIpc) is 2.10. The van der Waals surface area contributed by atoms with Crippen LogP contribution >= 0.6 is 11.6 Å². The second-order valence-electron chi connectivity index (χ2n) is 1.96. The van der Waals surface area contributed by atoms with Gasteiger partial charge in [-0.05, 0) is 0 Å². The van der Waals surface area contributed by atoms with E-state index in [-0.39, 0.29) is 17.4 Å². The van der Waals surface area contributed by atoms with Crippen molar-refractivity contribution in [1.82, 2.24) is 0 Å². The first kappa shape index (κ1) is 11.1. The summed E-state index contributed by atoms with van der Waals surface area (Å²) in [5.74, 6) is 4.47. The number of nitrogens with zero attached hydrogens (tertiary/aromatic N) is 1. The minimum absolute atomic E-state index is 0.188. The van der Waals surface area contributed by atoms with Gasteiger partial charge in [0.1, 0.15) is 0 Å². The van der Waals surface area contributed by atoms with E-state index < -0.39 is 0 Å². The largest absolute Gasteiger partial charge is 0.377 e. The van der Waals surface area contributed by atoms with Gasteiger partial charge in [0, 0.05) is 6.42 Å². The molecule has 0 heterocycles. The minimum atomic E-state index is -0.316. The lowest BCUT2D eigenvalue weighted by Gasteiger charge is -1.98. The van der Waals surface area contributed by atoms with Crippen LogP contribution in [0.25, 0.3) is 0 Å².